The van der Waals surface area contributed by atoms with E-state index in [0.29, 0.717) is 12.2 Å². The average Bonchev–Trinajstić information content (AvgIpc) is 3.24. The van der Waals surface area contributed by atoms with E-state index in [4.69, 9.17) is 0 Å². The van der Waals surface area contributed by atoms with Gasteiger partial charge in [-0.25, -0.2) is 9.48 Å². The van der Waals surface area contributed by atoms with Crippen LogP contribution in [0.15, 0.2) is 36.7 Å². The monoisotopic (exact) mass is 342 g/mol. The number of likely N-dealkylation sites (tertiary alicyclic amines) is 1. The minimum atomic E-state index is -0.975. The van der Waals surface area contributed by atoms with Gasteiger partial charge in [0, 0.05) is 38.9 Å². The molecule has 7 nitrogen and oxygen atoms in total. The van der Waals surface area contributed by atoms with Gasteiger partial charge in [-0.05, 0) is 25.1 Å². The second-order valence-corrected chi connectivity index (χ2v) is 6.57. The first-order valence-electron chi connectivity index (χ1n) is 8.25. The Kier molecular flexibility index (Phi) is 4.85. The Morgan fingerprint density at radius 2 is 2.08 bits per heavy atom. The van der Waals surface area contributed by atoms with Crippen molar-refractivity contribution in [3.8, 4) is 5.69 Å². The van der Waals surface area contributed by atoms with Crippen molar-refractivity contribution < 1.29 is 14.7 Å². The first-order chi connectivity index (χ1) is 12.0. The number of benzene rings is 1. The SMILES string of the molecule is CN(C)C(=O)[C@H]1CCN(Cc2cnn(-c3ccccc3C(=O)O)c2)C1. The number of carboxylic acids is 1. The fraction of sp³-hybridized carbons (Fsp3) is 0.389. The van der Waals surface area contributed by atoms with Crippen molar-refractivity contribution in [2.45, 2.75) is 13.0 Å². The second-order valence-electron chi connectivity index (χ2n) is 6.57. The van der Waals surface area contributed by atoms with Crippen LogP contribution in [0.4, 0.5) is 0 Å². The van der Waals surface area contributed by atoms with E-state index in [1.165, 1.54) is 0 Å². The lowest BCUT2D eigenvalue weighted by molar-refractivity contribution is -0.132. The molecule has 1 saturated heterocycles. The standard InChI is InChI=1S/C18H22N4O3/c1-20(2)17(23)14-7-8-21(12-14)10-13-9-19-22(11-13)16-6-4-3-5-15(16)18(24)25/h3-6,9,11,14H,7-8,10,12H2,1-2H3,(H,24,25)/t14-/m0/s1. The van der Waals surface area contributed by atoms with E-state index in [0.717, 1.165) is 25.1 Å². The summed E-state index contributed by atoms with van der Waals surface area (Å²) in [6.45, 7) is 2.32. The number of para-hydroxylation sites is 1. The summed E-state index contributed by atoms with van der Waals surface area (Å²) < 4.78 is 1.59. The molecular formula is C18H22N4O3. The third kappa shape index (κ3) is 3.71. The van der Waals surface area contributed by atoms with Gasteiger partial charge in [-0.2, -0.15) is 5.10 Å². The Morgan fingerprint density at radius 3 is 2.80 bits per heavy atom. The minimum Gasteiger partial charge on any atom is -0.478 e. The minimum absolute atomic E-state index is 0.0535. The van der Waals surface area contributed by atoms with Crippen molar-refractivity contribution in [1.82, 2.24) is 19.6 Å². The summed E-state index contributed by atoms with van der Waals surface area (Å²) in [5, 5.41) is 13.6. The van der Waals surface area contributed by atoms with E-state index in [1.807, 2.05) is 6.20 Å². The number of nitrogens with zero attached hydrogens (tertiary/aromatic N) is 4. The maximum Gasteiger partial charge on any atom is 0.337 e. The van der Waals surface area contributed by atoms with Gasteiger partial charge >= 0.3 is 5.97 Å². The highest BCUT2D eigenvalue weighted by Crippen LogP contribution is 2.21. The van der Waals surface area contributed by atoms with Crippen LogP contribution in [0.5, 0.6) is 0 Å². The van der Waals surface area contributed by atoms with Gasteiger partial charge < -0.3 is 10.0 Å². The van der Waals surface area contributed by atoms with Crippen molar-refractivity contribution in [2.24, 2.45) is 5.92 Å². The molecule has 1 aromatic carbocycles. The van der Waals surface area contributed by atoms with Gasteiger partial charge in [-0.15, -0.1) is 0 Å². The van der Waals surface area contributed by atoms with Crippen LogP contribution in [0.3, 0.4) is 0 Å². The quantitative estimate of drug-likeness (QED) is 0.890. The summed E-state index contributed by atoms with van der Waals surface area (Å²) in [5.41, 5.74) is 1.76. The summed E-state index contributed by atoms with van der Waals surface area (Å²) in [5.74, 6) is -0.747. The molecule has 0 unspecified atom stereocenters. The number of rotatable bonds is 5. The highest BCUT2D eigenvalue weighted by molar-refractivity contribution is 5.91. The van der Waals surface area contributed by atoms with Gasteiger partial charge in [0.2, 0.25) is 5.91 Å². The number of amides is 1. The normalized spacial score (nSPS) is 17.6. The molecule has 0 spiro atoms. The molecule has 0 bridgehead atoms. The molecule has 3 rings (SSSR count). The second kappa shape index (κ2) is 7.06. The number of hydrogen-bond acceptors (Lipinski definition) is 4. The molecule has 1 amide bonds. The smallest absolute Gasteiger partial charge is 0.337 e. The van der Waals surface area contributed by atoms with E-state index in [9.17, 15) is 14.7 Å². The molecule has 1 N–H and O–H groups in total. The third-order valence-corrected chi connectivity index (χ3v) is 4.49. The Labute approximate surface area is 146 Å². The molecule has 1 aliphatic heterocycles. The van der Waals surface area contributed by atoms with Crippen molar-refractivity contribution in [1.29, 1.82) is 0 Å². The number of aromatic nitrogens is 2. The Balaban J connectivity index is 1.69. The van der Waals surface area contributed by atoms with Crippen molar-refractivity contribution in [3.05, 3.63) is 47.8 Å². The van der Waals surface area contributed by atoms with Crippen molar-refractivity contribution in [2.75, 3.05) is 27.2 Å². The van der Waals surface area contributed by atoms with E-state index in [1.54, 1.807) is 54.1 Å². The molecule has 0 saturated carbocycles. The van der Waals surface area contributed by atoms with E-state index >= 15 is 0 Å². The molecule has 132 valence electrons. The molecule has 1 fully saturated rings. The Hall–Kier alpha value is -2.67. The van der Waals surface area contributed by atoms with Crippen LogP contribution in [0.1, 0.15) is 22.3 Å². The van der Waals surface area contributed by atoms with Gasteiger partial charge in [0.05, 0.1) is 23.4 Å². The number of aromatic carboxylic acids is 1. The lowest BCUT2D eigenvalue weighted by Gasteiger charge is -2.17. The summed E-state index contributed by atoms with van der Waals surface area (Å²) in [7, 11) is 3.57. The molecule has 25 heavy (non-hydrogen) atoms. The lowest BCUT2D eigenvalue weighted by atomic mass is 10.1. The van der Waals surface area contributed by atoms with Crippen LogP contribution in [0.2, 0.25) is 0 Å². The molecule has 0 radical (unpaired) electrons. The van der Waals surface area contributed by atoms with E-state index < -0.39 is 5.97 Å². The Bertz CT molecular complexity index is 784. The van der Waals surface area contributed by atoms with E-state index in [2.05, 4.69) is 10.00 Å². The molecule has 1 aliphatic rings. The molecule has 1 atom stereocenters. The van der Waals surface area contributed by atoms with Gasteiger partial charge in [0.25, 0.3) is 0 Å². The topological polar surface area (TPSA) is 78.7 Å². The molecule has 1 aromatic heterocycles. The first kappa shape index (κ1) is 17.2. The van der Waals surface area contributed by atoms with Crippen molar-refractivity contribution in [3.63, 3.8) is 0 Å². The molecule has 0 aliphatic carbocycles. The summed E-state index contributed by atoms with van der Waals surface area (Å²) >= 11 is 0. The highest BCUT2D eigenvalue weighted by Gasteiger charge is 2.29. The maximum atomic E-state index is 12.1. The fourth-order valence-corrected chi connectivity index (χ4v) is 3.23. The van der Waals surface area contributed by atoms with Gasteiger partial charge in [-0.3, -0.25) is 9.69 Å². The summed E-state index contributed by atoms with van der Waals surface area (Å²) in [6.07, 6.45) is 4.47. The summed E-state index contributed by atoms with van der Waals surface area (Å²) in [4.78, 5) is 27.3. The maximum absolute atomic E-state index is 12.1. The number of carboxylic acid groups (broad SMARTS) is 1. The van der Waals surface area contributed by atoms with Gasteiger partial charge in [0.15, 0.2) is 0 Å². The fourth-order valence-electron chi connectivity index (χ4n) is 3.23. The van der Waals surface area contributed by atoms with E-state index in [-0.39, 0.29) is 17.4 Å². The van der Waals surface area contributed by atoms with Crippen LogP contribution >= 0.6 is 0 Å². The number of carbonyl (C=O) groups excluding carboxylic acids is 1. The van der Waals surface area contributed by atoms with Crippen LogP contribution in [-0.2, 0) is 11.3 Å². The number of hydrogen-bond donors (Lipinski definition) is 1. The molecule has 2 aromatic rings. The van der Waals surface area contributed by atoms with Gasteiger partial charge in [-0.1, -0.05) is 12.1 Å². The molecule has 7 heteroatoms. The van der Waals surface area contributed by atoms with Crippen LogP contribution in [-0.4, -0.2) is 63.7 Å². The van der Waals surface area contributed by atoms with Crippen LogP contribution in [0.25, 0.3) is 5.69 Å². The zero-order chi connectivity index (χ0) is 18.0. The summed E-state index contributed by atoms with van der Waals surface area (Å²) in [6, 6.07) is 6.80. The van der Waals surface area contributed by atoms with Crippen molar-refractivity contribution >= 4 is 11.9 Å². The lowest BCUT2D eigenvalue weighted by Crippen LogP contribution is -2.31. The predicted molar refractivity (Wildman–Crippen MR) is 92.6 cm³/mol. The Morgan fingerprint density at radius 1 is 1.32 bits per heavy atom. The zero-order valence-electron chi connectivity index (χ0n) is 14.4. The predicted octanol–water partition coefficient (Wildman–Crippen LogP) is 1.48. The number of carbonyl (C=O) groups is 2. The average molecular weight is 342 g/mol. The first-order valence-corrected chi connectivity index (χ1v) is 8.25. The van der Waals surface area contributed by atoms with Crippen LogP contribution < -0.4 is 0 Å². The van der Waals surface area contributed by atoms with Gasteiger partial charge in [0.1, 0.15) is 0 Å². The highest BCUT2D eigenvalue weighted by atomic mass is 16.4. The molecule has 2 heterocycles. The third-order valence-electron chi connectivity index (χ3n) is 4.49. The van der Waals surface area contributed by atoms with Crippen LogP contribution in [0, 0.1) is 5.92 Å². The zero-order valence-corrected chi connectivity index (χ0v) is 14.4. The largest absolute Gasteiger partial charge is 0.478 e. The molecular weight excluding hydrogens is 320 g/mol.